The van der Waals surface area contributed by atoms with E-state index in [0.717, 1.165) is 12.8 Å². The molecule has 0 spiro atoms. The first-order chi connectivity index (χ1) is 8.76. The first-order valence-electron chi connectivity index (χ1n) is 6.97. The van der Waals surface area contributed by atoms with Gasteiger partial charge in [0.1, 0.15) is 5.60 Å². The number of carbonyl (C=O) groups excluding carboxylic acids is 1. The normalized spacial score (nSPS) is 30.9. The van der Waals surface area contributed by atoms with E-state index in [1.165, 1.54) is 0 Å². The molecule has 3 atom stereocenters. The third-order valence-corrected chi connectivity index (χ3v) is 4.05. The standard InChI is InChI=1S/C14H23NO4/c1-14(2,3)19-13(18)15-7-10-5-4-9(12(16)17)6-11(10)8-15/h9-11H,4-8H2,1-3H3,(H,16,17)/t9?,10-,11+/m1/s1. The lowest BCUT2D eigenvalue weighted by Gasteiger charge is -2.27. The number of carboxylic acid groups (broad SMARTS) is 1. The fourth-order valence-electron chi connectivity index (χ4n) is 3.13. The molecule has 1 amide bonds. The zero-order valence-electron chi connectivity index (χ0n) is 11.9. The van der Waals surface area contributed by atoms with Crippen LogP contribution < -0.4 is 0 Å². The van der Waals surface area contributed by atoms with Crippen LogP contribution in [0.15, 0.2) is 0 Å². The number of hydrogen-bond acceptors (Lipinski definition) is 3. The number of amides is 1. The van der Waals surface area contributed by atoms with Crippen molar-refractivity contribution >= 4 is 12.1 Å². The van der Waals surface area contributed by atoms with Crippen LogP contribution in [0.2, 0.25) is 0 Å². The average Bonchev–Trinajstić information content (AvgIpc) is 2.68. The predicted molar refractivity (Wildman–Crippen MR) is 69.8 cm³/mol. The monoisotopic (exact) mass is 269 g/mol. The molecule has 0 radical (unpaired) electrons. The second-order valence-corrected chi connectivity index (χ2v) is 6.75. The van der Waals surface area contributed by atoms with Gasteiger partial charge in [0.15, 0.2) is 0 Å². The predicted octanol–water partition coefficient (Wildman–Crippen LogP) is 2.35. The third kappa shape index (κ3) is 3.39. The third-order valence-electron chi connectivity index (χ3n) is 4.05. The van der Waals surface area contributed by atoms with Crippen LogP contribution in [0.4, 0.5) is 4.79 Å². The van der Waals surface area contributed by atoms with E-state index in [9.17, 15) is 9.59 Å². The van der Waals surface area contributed by atoms with Crippen LogP contribution in [-0.4, -0.2) is 40.8 Å². The van der Waals surface area contributed by atoms with E-state index in [0.29, 0.717) is 31.3 Å². The lowest BCUT2D eigenvalue weighted by molar-refractivity contribution is -0.143. The maximum Gasteiger partial charge on any atom is 0.410 e. The number of ether oxygens (including phenoxy) is 1. The SMILES string of the molecule is CC(C)(C)OC(=O)N1C[C@H]2CCC(C(=O)O)C[C@H]2C1. The van der Waals surface area contributed by atoms with Gasteiger partial charge >= 0.3 is 12.1 Å². The van der Waals surface area contributed by atoms with Gasteiger partial charge < -0.3 is 14.7 Å². The van der Waals surface area contributed by atoms with Crippen LogP contribution >= 0.6 is 0 Å². The van der Waals surface area contributed by atoms with E-state index in [1.54, 1.807) is 4.90 Å². The molecule has 0 bridgehead atoms. The molecule has 2 aliphatic rings. The Morgan fingerprint density at radius 1 is 1.16 bits per heavy atom. The summed E-state index contributed by atoms with van der Waals surface area (Å²) in [5.74, 6) is -0.167. The fourth-order valence-corrected chi connectivity index (χ4v) is 3.13. The topological polar surface area (TPSA) is 66.8 Å². The number of nitrogens with zero attached hydrogens (tertiary/aromatic N) is 1. The second kappa shape index (κ2) is 5.02. The van der Waals surface area contributed by atoms with Gasteiger partial charge in [0.05, 0.1) is 5.92 Å². The zero-order valence-corrected chi connectivity index (χ0v) is 11.9. The van der Waals surface area contributed by atoms with Gasteiger partial charge in [-0.2, -0.15) is 0 Å². The van der Waals surface area contributed by atoms with Crippen molar-refractivity contribution < 1.29 is 19.4 Å². The smallest absolute Gasteiger partial charge is 0.410 e. The first kappa shape index (κ1) is 14.2. The first-order valence-corrected chi connectivity index (χ1v) is 6.97. The molecular weight excluding hydrogens is 246 g/mol. The molecule has 2 fully saturated rings. The van der Waals surface area contributed by atoms with Crippen LogP contribution in [0.1, 0.15) is 40.0 Å². The molecule has 108 valence electrons. The zero-order chi connectivity index (χ0) is 14.2. The highest BCUT2D eigenvalue weighted by Crippen LogP contribution is 2.39. The van der Waals surface area contributed by atoms with Crippen molar-refractivity contribution in [1.29, 1.82) is 0 Å². The largest absolute Gasteiger partial charge is 0.481 e. The van der Waals surface area contributed by atoms with E-state index in [2.05, 4.69) is 0 Å². The highest BCUT2D eigenvalue weighted by molar-refractivity contribution is 5.70. The minimum atomic E-state index is -0.700. The van der Waals surface area contributed by atoms with Crippen molar-refractivity contribution in [3.63, 3.8) is 0 Å². The van der Waals surface area contributed by atoms with Crippen LogP contribution in [0.3, 0.4) is 0 Å². The Morgan fingerprint density at radius 3 is 2.37 bits per heavy atom. The van der Waals surface area contributed by atoms with Gasteiger partial charge in [0.2, 0.25) is 0 Å². The number of aliphatic carboxylic acids is 1. The maximum atomic E-state index is 12.0. The molecule has 0 aromatic rings. The minimum Gasteiger partial charge on any atom is -0.481 e. The molecule has 1 aliphatic carbocycles. The molecule has 1 N–H and O–H groups in total. The van der Waals surface area contributed by atoms with Crippen molar-refractivity contribution in [3.05, 3.63) is 0 Å². The Morgan fingerprint density at radius 2 is 1.79 bits per heavy atom. The summed E-state index contributed by atoms with van der Waals surface area (Å²) in [6, 6.07) is 0. The molecule has 0 aromatic heterocycles. The van der Waals surface area contributed by atoms with Crippen LogP contribution in [0.25, 0.3) is 0 Å². The van der Waals surface area contributed by atoms with Gasteiger partial charge in [-0.15, -0.1) is 0 Å². The summed E-state index contributed by atoms with van der Waals surface area (Å²) in [5, 5.41) is 9.08. The summed E-state index contributed by atoms with van der Waals surface area (Å²) >= 11 is 0. The molecule has 2 rings (SSSR count). The molecule has 1 heterocycles. The molecule has 19 heavy (non-hydrogen) atoms. The molecule has 1 saturated heterocycles. The van der Waals surface area contributed by atoms with Gasteiger partial charge in [-0.3, -0.25) is 4.79 Å². The van der Waals surface area contributed by atoms with Crippen molar-refractivity contribution in [2.45, 2.75) is 45.6 Å². The van der Waals surface area contributed by atoms with Gasteiger partial charge in [-0.05, 0) is 51.9 Å². The summed E-state index contributed by atoms with van der Waals surface area (Å²) in [4.78, 5) is 24.8. The Kier molecular flexibility index (Phi) is 3.74. The number of carbonyl (C=O) groups is 2. The van der Waals surface area contributed by atoms with E-state index in [1.807, 2.05) is 20.8 Å². The molecule has 1 aliphatic heterocycles. The van der Waals surface area contributed by atoms with E-state index >= 15 is 0 Å². The number of hydrogen-bond donors (Lipinski definition) is 1. The van der Waals surface area contributed by atoms with E-state index in [-0.39, 0.29) is 12.0 Å². The molecule has 1 saturated carbocycles. The van der Waals surface area contributed by atoms with Crippen molar-refractivity contribution in [2.24, 2.45) is 17.8 Å². The van der Waals surface area contributed by atoms with E-state index in [4.69, 9.17) is 9.84 Å². The number of likely N-dealkylation sites (tertiary alicyclic amines) is 1. The highest BCUT2D eigenvalue weighted by Gasteiger charge is 2.42. The molecule has 5 heteroatoms. The maximum absolute atomic E-state index is 12.0. The summed E-state index contributed by atoms with van der Waals surface area (Å²) in [5.41, 5.74) is -0.478. The minimum absolute atomic E-state index is 0.236. The van der Waals surface area contributed by atoms with Crippen LogP contribution in [0.5, 0.6) is 0 Å². The van der Waals surface area contributed by atoms with Crippen molar-refractivity contribution in [2.75, 3.05) is 13.1 Å². The summed E-state index contributed by atoms with van der Waals surface area (Å²) in [6.45, 7) is 6.92. The van der Waals surface area contributed by atoms with Crippen molar-refractivity contribution in [1.82, 2.24) is 4.90 Å². The van der Waals surface area contributed by atoms with Crippen LogP contribution in [-0.2, 0) is 9.53 Å². The van der Waals surface area contributed by atoms with Crippen LogP contribution in [0, 0.1) is 17.8 Å². The summed E-state index contributed by atoms with van der Waals surface area (Å²) < 4.78 is 5.37. The average molecular weight is 269 g/mol. The van der Waals surface area contributed by atoms with Gasteiger partial charge in [0, 0.05) is 13.1 Å². The van der Waals surface area contributed by atoms with E-state index < -0.39 is 11.6 Å². The van der Waals surface area contributed by atoms with Crippen molar-refractivity contribution in [3.8, 4) is 0 Å². The molecule has 1 unspecified atom stereocenters. The quantitative estimate of drug-likeness (QED) is 0.793. The molecule has 0 aromatic carbocycles. The Balaban J connectivity index is 1.92. The Labute approximate surface area is 113 Å². The Bertz CT molecular complexity index is 374. The lowest BCUT2D eigenvalue weighted by atomic mass is 9.76. The fraction of sp³-hybridized carbons (Fsp3) is 0.857. The van der Waals surface area contributed by atoms with Gasteiger partial charge in [-0.25, -0.2) is 4.79 Å². The number of carboxylic acids is 1. The molecular formula is C14H23NO4. The highest BCUT2D eigenvalue weighted by atomic mass is 16.6. The number of rotatable bonds is 1. The summed E-state index contributed by atoms with van der Waals surface area (Å²) in [7, 11) is 0. The number of fused-ring (bicyclic) bond motifs is 1. The second-order valence-electron chi connectivity index (χ2n) is 6.75. The van der Waals surface area contributed by atoms with Gasteiger partial charge in [0.25, 0.3) is 0 Å². The summed E-state index contributed by atoms with van der Waals surface area (Å²) in [6.07, 6.45) is 2.06. The lowest BCUT2D eigenvalue weighted by Crippen LogP contribution is -2.35. The van der Waals surface area contributed by atoms with Gasteiger partial charge in [-0.1, -0.05) is 0 Å². The molecule has 5 nitrogen and oxygen atoms in total. The Hall–Kier alpha value is -1.26.